The number of hydrogen-bond donors (Lipinski definition) is 1. The molecule has 0 saturated heterocycles. The van der Waals surface area contributed by atoms with Crippen molar-refractivity contribution in [2.45, 2.75) is 25.8 Å². The van der Waals surface area contributed by atoms with Gasteiger partial charge in [-0.1, -0.05) is 30.3 Å². The molecule has 0 aliphatic heterocycles. The van der Waals surface area contributed by atoms with Crippen LogP contribution in [0.15, 0.2) is 36.4 Å². The highest BCUT2D eigenvalue weighted by Gasteiger charge is 2.15. The first-order valence-corrected chi connectivity index (χ1v) is 5.83. The van der Waals surface area contributed by atoms with Crippen LogP contribution in [0.2, 0.25) is 0 Å². The third kappa shape index (κ3) is 2.94. The monoisotopic (exact) mass is 229 g/mol. The number of aryl methyl sites for hydroxylation is 1. The molecular weight excluding hydrogens is 210 g/mol. The van der Waals surface area contributed by atoms with Crippen molar-refractivity contribution >= 4 is 0 Å². The molecule has 0 spiro atoms. The minimum atomic E-state index is -0.207. The lowest BCUT2D eigenvalue weighted by molar-refractivity contribution is 0.495. The van der Waals surface area contributed by atoms with Gasteiger partial charge in [-0.3, -0.25) is 4.68 Å². The minimum absolute atomic E-state index is 0.207. The predicted octanol–water partition coefficient (Wildman–Crippen LogP) is 2.37. The SMILES string of the molecule is Cn1nc(-c2ccccc2)cc1CC(C)(C)N. The number of hydrogen-bond acceptors (Lipinski definition) is 2. The van der Waals surface area contributed by atoms with E-state index in [-0.39, 0.29) is 5.54 Å². The maximum Gasteiger partial charge on any atom is 0.0925 e. The Hall–Kier alpha value is -1.61. The molecule has 2 N–H and O–H groups in total. The van der Waals surface area contributed by atoms with E-state index in [1.54, 1.807) is 0 Å². The van der Waals surface area contributed by atoms with Crippen LogP contribution in [0.3, 0.4) is 0 Å². The van der Waals surface area contributed by atoms with Gasteiger partial charge in [-0.15, -0.1) is 0 Å². The molecule has 2 rings (SSSR count). The number of rotatable bonds is 3. The molecule has 3 nitrogen and oxygen atoms in total. The summed E-state index contributed by atoms with van der Waals surface area (Å²) in [6, 6.07) is 12.3. The second-order valence-corrected chi connectivity index (χ2v) is 5.18. The van der Waals surface area contributed by atoms with Crippen molar-refractivity contribution in [3.05, 3.63) is 42.1 Å². The van der Waals surface area contributed by atoms with Gasteiger partial charge >= 0.3 is 0 Å². The largest absolute Gasteiger partial charge is 0.325 e. The second kappa shape index (κ2) is 4.34. The average molecular weight is 229 g/mol. The zero-order valence-electron chi connectivity index (χ0n) is 10.6. The summed E-state index contributed by atoms with van der Waals surface area (Å²) in [4.78, 5) is 0. The Morgan fingerprint density at radius 3 is 2.47 bits per heavy atom. The van der Waals surface area contributed by atoms with Gasteiger partial charge in [-0.25, -0.2) is 0 Å². The topological polar surface area (TPSA) is 43.8 Å². The fourth-order valence-corrected chi connectivity index (χ4v) is 1.89. The van der Waals surface area contributed by atoms with Crippen LogP contribution in [-0.2, 0) is 13.5 Å². The van der Waals surface area contributed by atoms with Gasteiger partial charge in [-0.2, -0.15) is 5.10 Å². The van der Waals surface area contributed by atoms with Crippen molar-refractivity contribution in [2.24, 2.45) is 12.8 Å². The molecule has 90 valence electrons. The van der Waals surface area contributed by atoms with Gasteiger partial charge in [0.25, 0.3) is 0 Å². The molecule has 0 radical (unpaired) electrons. The summed E-state index contributed by atoms with van der Waals surface area (Å²) in [7, 11) is 1.97. The summed E-state index contributed by atoms with van der Waals surface area (Å²) >= 11 is 0. The Morgan fingerprint density at radius 2 is 1.88 bits per heavy atom. The van der Waals surface area contributed by atoms with E-state index in [2.05, 4.69) is 23.3 Å². The summed E-state index contributed by atoms with van der Waals surface area (Å²) in [6.07, 6.45) is 0.823. The summed E-state index contributed by atoms with van der Waals surface area (Å²) < 4.78 is 1.91. The fourth-order valence-electron chi connectivity index (χ4n) is 1.89. The molecule has 0 atom stereocenters. The van der Waals surface area contributed by atoms with Crippen LogP contribution in [-0.4, -0.2) is 15.3 Å². The van der Waals surface area contributed by atoms with E-state index in [1.807, 2.05) is 43.8 Å². The first-order chi connectivity index (χ1) is 7.96. The molecule has 1 heterocycles. The fraction of sp³-hybridized carbons (Fsp3) is 0.357. The van der Waals surface area contributed by atoms with Crippen molar-refractivity contribution in [1.82, 2.24) is 9.78 Å². The van der Waals surface area contributed by atoms with Crippen molar-refractivity contribution in [3.63, 3.8) is 0 Å². The van der Waals surface area contributed by atoms with Gasteiger partial charge in [0.2, 0.25) is 0 Å². The molecule has 3 heteroatoms. The highest BCUT2D eigenvalue weighted by molar-refractivity contribution is 5.59. The Labute approximate surface area is 102 Å². The second-order valence-electron chi connectivity index (χ2n) is 5.18. The van der Waals surface area contributed by atoms with Crippen molar-refractivity contribution < 1.29 is 0 Å². The molecule has 2 aromatic rings. The maximum absolute atomic E-state index is 6.04. The van der Waals surface area contributed by atoms with Crippen molar-refractivity contribution in [2.75, 3.05) is 0 Å². The smallest absolute Gasteiger partial charge is 0.0925 e. The van der Waals surface area contributed by atoms with Gasteiger partial charge in [0, 0.05) is 30.3 Å². The standard InChI is InChI=1S/C14H19N3/c1-14(2,15)10-12-9-13(16-17(12)3)11-7-5-4-6-8-11/h4-9H,10,15H2,1-3H3. The van der Waals surface area contributed by atoms with E-state index in [1.165, 1.54) is 0 Å². The Kier molecular flexibility index (Phi) is 3.03. The molecule has 0 aliphatic rings. The van der Waals surface area contributed by atoms with Gasteiger partial charge in [0.05, 0.1) is 5.69 Å². The van der Waals surface area contributed by atoms with Crippen LogP contribution in [0.25, 0.3) is 11.3 Å². The summed E-state index contributed by atoms with van der Waals surface area (Å²) in [5.41, 5.74) is 9.15. The van der Waals surface area contributed by atoms with Crippen LogP contribution in [0.4, 0.5) is 0 Å². The van der Waals surface area contributed by atoms with E-state index in [4.69, 9.17) is 5.73 Å². The van der Waals surface area contributed by atoms with Crippen LogP contribution < -0.4 is 5.73 Å². The van der Waals surface area contributed by atoms with E-state index in [0.717, 1.165) is 23.4 Å². The lowest BCUT2D eigenvalue weighted by atomic mass is 9.99. The molecule has 1 aromatic carbocycles. The van der Waals surface area contributed by atoms with Crippen molar-refractivity contribution in [1.29, 1.82) is 0 Å². The van der Waals surface area contributed by atoms with Crippen LogP contribution in [0.5, 0.6) is 0 Å². The van der Waals surface area contributed by atoms with Gasteiger partial charge in [0.15, 0.2) is 0 Å². The summed E-state index contributed by atoms with van der Waals surface area (Å²) in [5.74, 6) is 0. The van der Waals surface area contributed by atoms with E-state index >= 15 is 0 Å². The molecular formula is C14H19N3. The van der Waals surface area contributed by atoms with Gasteiger partial charge in [0.1, 0.15) is 0 Å². The third-order valence-corrected chi connectivity index (χ3v) is 2.68. The van der Waals surface area contributed by atoms with E-state index in [9.17, 15) is 0 Å². The number of aromatic nitrogens is 2. The molecule has 0 fully saturated rings. The molecule has 1 aromatic heterocycles. The summed E-state index contributed by atoms with van der Waals surface area (Å²) in [5, 5.41) is 4.53. The normalized spacial score (nSPS) is 11.8. The average Bonchev–Trinajstić information content (AvgIpc) is 2.59. The minimum Gasteiger partial charge on any atom is -0.325 e. The number of nitrogens with two attached hydrogens (primary N) is 1. The first kappa shape index (κ1) is 11.9. The van der Waals surface area contributed by atoms with Crippen molar-refractivity contribution in [3.8, 4) is 11.3 Å². The Morgan fingerprint density at radius 1 is 1.24 bits per heavy atom. The van der Waals surface area contributed by atoms with Gasteiger partial charge in [-0.05, 0) is 19.9 Å². The molecule has 0 unspecified atom stereocenters. The van der Waals surface area contributed by atoms with Crippen LogP contribution >= 0.6 is 0 Å². The molecule has 0 amide bonds. The quantitative estimate of drug-likeness (QED) is 0.878. The number of benzene rings is 1. The lowest BCUT2D eigenvalue weighted by Gasteiger charge is -2.17. The Bertz CT molecular complexity index is 492. The van der Waals surface area contributed by atoms with E-state index < -0.39 is 0 Å². The summed E-state index contributed by atoms with van der Waals surface area (Å²) in [6.45, 7) is 4.06. The lowest BCUT2D eigenvalue weighted by Crippen LogP contribution is -2.35. The zero-order chi connectivity index (χ0) is 12.5. The molecule has 0 aliphatic carbocycles. The molecule has 0 bridgehead atoms. The zero-order valence-corrected chi connectivity index (χ0v) is 10.6. The highest BCUT2D eigenvalue weighted by atomic mass is 15.3. The third-order valence-electron chi connectivity index (χ3n) is 2.68. The maximum atomic E-state index is 6.04. The molecule has 0 saturated carbocycles. The number of nitrogens with zero attached hydrogens (tertiary/aromatic N) is 2. The molecule has 17 heavy (non-hydrogen) atoms. The van der Waals surface area contributed by atoms with Gasteiger partial charge < -0.3 is 5.73 Å². The first-order valence-electron chi connectivity index (χ1n) is 5.83. The van der Waals surface area contributed by atoms with Crippen LogP contribution in [0.1, 0.15) is 19.5 Å². The van der Waals surface area contributed by atoms with Crippen LogP contribution in [0, 0.1) is 0 Å². The Balaban J connectivity index is 2.31. The predicted molar refractivity (Wildman–Crippen MR) is 70.6 cm³/mol. The van der Waals surface area contributed by atoms with E-state index in [0.29, 0.717) is 0 Å². The highest BCUT2D eigenvalue weighted by Crippen LogP contribution is 2.20.